The van der Waals surface area contributed by atoms with Gasteiger partial charge in [-0.15, -0.1) is 0 Å². The van der Waals surface area contributed by atoms with E-state index in [4.69, 9.17) is 0 Å². The van der Waals surface area contributed by atoms with Crippen LogP contribution >= 0.6 is 0 Å². The maximum atomic E-state index is 13.0. The summed E-state index contributed by atoms with van der Waals surface area (Å²) in [7, 11) is 0. The van der Waals surface area contributed by atoms with Crippen LogP contribution in [-0.4, -0.2) is 32.8 Å². The van der Waals surface area contributed by atoms with Gasteiger partial charge in [-0.25, -0.2) is 9.48 Å². The molecule has 1 aromatic heterocycles. The van der Waals surface area contributed by atoms with Crippen LogP contribution < -0.4 is 5.32 Å². The van der Waals surface area contributed by atoms with Crippen molar-refractivity contribution in [2.75, 3.05) is 0 Å². The van der Waals surface area contributed by atoms with E-state index in [9.17, 15) is 27.9 Å². The number of aliphatic carboxylic acids is 1. The number of nitrogens with zero attached hydrogens (tertiary/aromatic N) is 2. The lowest BCUT2D eigenvalue weighted by atomic mass is 10.0. The van der Waals surface area contributed by atoms with Gasteiger partial charge in [0.05, 0.1) is 11.9 Å². The summed E-state index contributed by atoms with van der Waals surface area (Å²) in [5, 5.41) is 15.2. The number of aromatic nitrogens is 2. The lowest BCUT2D eigenvalue weighted by Gasteiger charge is -2.17. The van der Waals surface area contributed by atoms with Crippen LogP contribution in [0.2, 0.25) is 0 Å². The van der Waals surface area contributed by atoms with Crippen LogP contribution in [0.4, 0.5) is 13.2 Å². The minimum absolute atomic E-state index is 0.0427. The lowest BCUT2D eigenvalue weighted by Crippen LogP contribution is -2.41. The molecule has 0 saturated carbocycles. The molecule has 2 rings (SSSR count). The number of hydrogen-bond donors (Lipinski definition) is 2. The van der Waals surface area contributed by atoms with Crippen LogP contribution in [0.1, 0.15) is 36.3 Å². The lowest BCUT2D eigenvalue weighted by molar-refractivity contribution is -0.143. The number of alkyl halides is 3. The molecule has 1 heterocycles. The van der Waals surface area contributed by atoms with Crippen molar-refractivity contribution in [1.29, 1.82) is 0 Å². The number of carboxylic acids is 1. The molecular formula is C17H18F3N3O3. The van der Waals surface area contributed by atoms with E-state index in [-0.39, 0.29) is 23.6 Å². The van der Waals surface area contributed by atoms with Crippen molar-refractivity contribution in [2.45, 2.75) is 32.5 Å². The molecule has 2 N–H and O–H groups in total. The minimum Gasteiger partial charge on any atom is -0.480 e. The Kier molecular flexibility index (Phi) is 5.69. The normalized spacial score (nSPS) is 12.8. The number of halogens is 3. The quantitative estimate of drug-likeness (QED) is 0.819. The molecule has 0 radical (unpaired) electrons. The highest BCUT2D eigenvalue weighted by atomic mass is 19.4. The number of nitrogens with one attached hydrogen (secondary N) is 1. The molecule has 140 valence electrons. The highest BCUT2D eigenvalue weighted by molar-refractivity contribution is 5.97. The van der Waals surface area contributed by atoms with E-state index >= 15 is 0 Å². The first-order valence-corrected chi connectivity index (χ1v) is 7.85. The summed E-state index contributed by atoms with van der Waals surface area (Å²) in [5.41, 5.74) is -0.884. The van der Waals surface area contributed by atoms with Crippen LogP contribution in [0.25, 0.3) is 5.69 Å². The van der Waals surface area contributed by atoms with Gasteiger partial charge >= 0.3 is 12.1 Å². The molecule has 0 unspecified atom stereocenters. The third-order valence-electron chi connectivity index (χ3n) is 3.60. The van der Waals surface area contributed by atoms with Gasteiger partial charge in [-0.05, 0) is 36.6 Å². The molecular weight excluding hydrogens is 351 g/mol. The van der Waals surface area contributed by atoms with Crippen molar-refractivity contribution >= 4 is 11.9 Å². The third kappa shape index (κ3) is 4.62. The highest BCUT2D eigenvalue weighted by Gasteiger charge is 2.35. The molecule has 0 bridgehead atoms. The second kappa shape index (κ2) is 7.59. The van der Waals surface area contributed by atoms with Crippen molar-refractivity contribution in [3.8, 4) is 5.69 Å². The first-order chi connectivity index (χ1) is 12.1. The summed E-state index contributed by atoms with van der Waals surface area (Å²) in [6, 6.07) is 5.15. The number of carbonyl (C=O) groups is 2. The van der Waals surface area contributed by atoms with Gasteiger partial charge in [0.15, 0.2) is 0 Å². The summed E-state index contributed by atoms with van der Waals surface area (Å²) >= 11 is 0. The number of carbonyl (C=O) groups excluding carboxylic acids is 1. The van der Waals surface area contributed by atoms with Crippen LogP contribution in [0, 0.1) is 5.92 Å². The molecule has 0 aliphatic heterocycles. The fourth-order valence-corrected chi connectivity index (χ4v) is 2.44. The van der Waals surface area contributed by atoms with E-state index < -0.39 is 29.8 Å². The Morgan fingerprint density at radius 2 is 1.96 bits per heavy atom. The SMILES string of the molecule is CC(C)C[C@@H](NC(=O)c1cccc(-n2nccc2C(F)(F)F)c1)C(=O)O. The summed E-state index contributed by atoms with van der Waals surface area (Å²) in [4.78, 5) is 23.6. The summed E-state index contributed by atoms with van der Waals surface area (Å²) in [6.45, 7) is 3.64. The van der Waals surface area contributed by atoms with Crippen LogP contribution in [0.3, 0.4) is 0 Å². The van der Waals surface area contributed by atoms with Gasteiger partial charge in [-0.1, -0.05) is 19.9 Å². The van der Waals surface area contributed by atoms with Crippen molar-refractivity contribution in [3.63, 3.8) is 0 Å². The molecule has 0 fully saturated rings. The van der Waals surface area contributed by atoms with Crippen molar-refractivity contribution in [3.05, 3.63) is 47.8 Å². The Hall–Kier alpha value is -2.84. The highest BCUT2D eigenvalue weighted by Crippen LogP contribution is 2.30. The number of amides is 1. The maximum Gasteiger partial charge on any atom is 0.433 e. The van der Waals surface area contributed by atoms with E-state index in [0.717, 1.165) is 12.3 Å². The molecule has 1 amide bonds. The number of rotatable bonds is 6. The topological polar surface area (TPSA) is 84.2 Å². The second-order valence-corrected chi connectivity index (χ2v) is 6.17. The third-order valence-corrected chi connectivity index (χ3v) is 3.60. The van der Waals surface area contributed by atoms with Gasteiger partial charge in [0, 0.05) is 5.56 Å². The van der Waals surface area contributed by atoms with Gasteiger partial charge < -0.3 is 10.4 Å². The molecule has 2 aromatic rings. The molecule has 0 aliphatic rings. The van der Waals surface area contributed by atoms with Crippen LogP contribution in [-0.2, 0) is 11.0 Å². The van der Waals surface area contributed by atoms with Crippen molar-refractivity contribution < 1.29 is 27.9 Å². The van der Waals surface area contributed by atoms with Gasteiger partial charge in [0.2, 0.25) is 0 Å². The van der Waals surface area contributed by atoms with Gasteiger partial charge in [-0.2, -0.15) is 18.3 Å². The van der Waals surface area contributed by atoms with Gasteiger partial charge in [-0.3, -0.25) is 4.79 Å². The average molecular weight is 369 g/mol. The van der Waals surface area contributed by atoms with Crippen molar-refractivity contribution in [2.24, 2.45) is 5.92 Å². The average Bonchev–Trinajstić information content (AvgIpc) is 3.03. The first-order valence-electron chi connectivity index (χ1n) is 7.85. The summed E-state index contributed by atoms with van der Waals surface area (Å²) in [6.07, 6.45) is -3.35. The Bertz CT molecular complexity index is 800. The predicted molar refractivity (Wildman–Crippen MR) is 86.9 cm³/mol. The van der Waals surface area contributed by atoms with E-state index in [2.05, 4.69) is 10.4 Å². The number of benzene rings is 1. The zero-order valence-electron chi connectivity index (χ0n) is 14.1. The van der Waals surface area contributed by atoms with Gasteiger partial charge in [0.25, 0.3) is 5.91 Å². The fourth-order valence-electron chi connectivity index (χ4n) is 2.44. The largest absolute Gasteiger partial charge is 0.480 e. The van der Waals surface area contributed by atoms with E-state index in [1.165, 1.54) is 24.3 Å². The molecule has 9 heteroatoms. The van der Waals surface area contributed by atoms with E-state index in [1.807, 2.05) is 13.8 Å². The zero-order chi connectivity index (χ0) is 19.5. The van der Waals surface area contributed by atoms with E-state index in [0.29, 0.717) is 4.68 Å². The van der Waals surface area contributed by atoms with Crippen LogP contribution in [0.15, 0.2) is 36.5 Å². The molecule has 26 heavy (non-hydrogen) atoms. The Balaban J connectivity index is 2.28. The Morgan fingerprint density at radius 3 is 2.54 bits per heavy atom. The van der Waals surface area contributed by atoms with Crippen LogP contribution in [0.5, 0.6) is 0 Å². The first kappa shape index (κ1) is 19.5. The number of hydrogen-bond acceptors (Lipinski definition) is 3. The maximum absolute atomic E-state index is 13.0. The second-order valence-electron chi connectivity index (χ2n) is 6.17. The zero-order valence-corrected chi connectivity index (χ0v) is 14.1. The Labute approximate surface area is 147 Å². The summed E-state index contributed by atoms with van der Waals surface area (Å²) in [5.74, 6) is -1.81. The minimum atomic E-state index is -4.60. The predicted octanol–water partition coefficient (Wildman–Crippen LogP) is 3.12. The standard InChI is InChI=1S/C17H18F3N3O3/c1-10(2)8-13(16(25)26)22-15(24)11-4-3-5-12(9-11)23-14(6-7-21-23)17(18,19)20/h3-7,9-10,13H,8H2,1-2H3,(H,22,24)(H,25,26)/t13-/m1/s1. The van der Waals surface area contributed by atoms with E-state index in [1.54, 1.807) is 0 Å². The molecule has 0 aliphatic carbocycles. The fraction of sp³-hybridized carbons (Fsp3) is 0.353. The number of carboxylic acid groups (broad SMARTS) is 1. The van der Waals surface area contributed by atoms with Crippen molar-refractivity contribution in [1.82, 2.24) is 15.1 Å². The van der Waals surface area contributed by atoms with Gasteiger partial charge in [0.1, 0.15) is 11.7 Å². The molecule has 0 spiro atoms. The molecule has 0 saturated heterocycles. The molecule has 1 atom stereocenters. The smallest absolute Gasteiger partial charge is 0.433 e. The summed E-state index contributed by atoms with van der Waals surface area (Å²) < 4.78 is 39.7. The Morgan fingerprint density at radius 1 is 1.27 bits per heavy atom. The molecule has 6 nitrogen and oxygen atoms in total. The molecule has 1 aromatic carbocycles. The monoisotopic (exact) mass is 369 g/mol.